The number of carbonyl (C=O) groups excluding carboxylic acids is 1. The van der Waals surface area contributed by atoms with E-state index < -0.39 is 0 Å². The zero-order valence-electron chi connectivity index (χ0n) is 11.0. The Kier molecular flexibility index (Phi) is 2.71. The molecule has 3 aromatic rings. The number of carbonyl (C=O) groups is 1. The van der Waals surface area contributed by atoms with Gasteiger partial charge in [-0.1, -0.05) is 35.9 Å². The predicted octanol–water partition coefficient (Wildman–Crippen LogP) is 4.26. The van der Waals surface area contributed by atoms with Crippen molar-refractivity contribution in [1.82, 2.24) is 4.98 Å². The van der Waals surface area contributed by atoms with Crippen LogP contribution in [0, 0.1) is 13.8 Å². The molecule has 2 aromatic carbocycles. The van der Waals surface area contributed by atoms with Crippen molar-refractivity contribution in [2.24, 2.45) is 0 Å². The van der Waals surface area contributed by atoms with Crippen LogP contribution in [0.4, 0.5) is 0 Å². The topological polar surface area (TPSA) is 32.9 Å². The number of aromatic amines is 1. The molecular formula is C17H15NO. The third-order valence-electron chi connectivity index (χ3n) is 3.53. The van der Waals surface area contributed by atoms with Gasteiger partial charge in [-0.3, -0.25) is 4.79 Å². The van der Waals surface area contributed by atoms with Gasteiger partial charge in [-0.05, 0) is 31.5 Å². The lowest BCUT2D eigenvalue weighted by atomic mass is 10.0. The fourth-order valence-electron chi connectivity index (χ4n) is 2.51. The smallest absolute Gasteiger partial charge is 0.152 e. The molecule has 0 aliphatic rings. The number of hydrogen-bond donors (Lipinski definition) is 1. The minimum Gasteiger partial charge on any atom is -0.354 e. The van der Waals surface area contributed by atoms with E-state index in [1.165, 1.54) is 0 Å². The van der Waals surface area contributed by atoms with E-state index in [1.54, 1.807) is 0 Å². The Labute approximate surface area is 112 Å². The molecule has 1 aromatic heterocycles. The maximum Gasteiger partial charge on any atom is 0.152 e. The summed E-state index contributed by atoms with van der Waals surface area (Å²) in [5, 5.41) is 0.994. The summed E-state index contributed by atoms with van der Waals surface area (Å²) in [6.45, 7) is 4.09. The molecule has 0 saturated carbocycles. The highest BCUT2D eigenvalue weighted by atomic mass is 16.1. The van der Waals surface area contributed by atoms with Crippen molar-refractivity contribution in [1.29, 1.82) is 0 Å². The number of benzene rings is 2. The van der Waals surface area contributed by atoms with Crippen LogP contribution in [0.15, 0.2) is 42.5 Å². The highest BCUT2D eigenvalue weighted by molar-refractivity contribution is 6.04. The Hall–Kier alpha value is -2.35. The molecule has 0 aliphatic carbocycles. The van der Waals surface area contributed by atoms with E-state index in [4.69, 9.17) is 0 Å². The maximum atomic E-state index is 11.5. The first-order chi connectivity index (χ1) is 9.20. The molecule has 0 saturated heterocycles. The molecule has 1 N–H and O–H groups in total. The number of hydrogen-bond acceptors (Lipinski definition) is 1. The molecule has 94 valence electrons. The summed E-state index contributed by atoms with van der Waals surface area (Å²) in [7, 11) is 0. The second-order valence-corrected chi connectivity index (χ2v) is 4.90. The molecule has 0 fully saturated rings. The molecule has 0 bridgehead atoms. The standard InChI is InChI=1S/C17H15NO/c1-11-7-8-16-14(9-11)15(10-19)17(18-16)13-6-4-3-5-12(13)2/h3-10,18H,1-2H3. The van der Waals surface area contributed by atoms with E-state index >= 15 is 0 Å². The largest absolute Gasteiger partial charge is 0.354 e. The number of rotatable bonds is 2. The third-order valence-corrected chi connectivity index (χ3v) is 3.53. The van der Waals surface area contributed by atoms with E-state index in [0.717, 1.165) is 45.1 Å². The molecule has 0 aliphatic heterocycles. The monoisotopic (exact) mass is 249 g/mol. The molecule has 2 heteroatoms. The number of aldehydes is 1. The van der Waals surface area contributed by atoms with Crippen LogP contribution in [0.1, 0.15) is 21.5 Å². The lowest BCUT2D eigenvalue weighted by molar-refractivity contribution is 0.112. The number of fused-ring (bicyclic) bond motifs is 1. The summed E-state index contributed by atoms with van der Waals surface area (Å²) >= 11 is 0. The summed E-state index contributed by atoms with van der Waals surface area (Å²) in [5.74, 6) is 0. The molecule has 1 heterocycles. The van der Waals surface area contributed by atoms with Gasteiger partial charge in [0.2, 0.25) is 0 Å². The lowest BCUT2D eigenvalue weighted by Crippen LogP contribution is -1.87. The van der Waals surface area contributed by atoms with E-state index in [-0.39, 0.29) is 0 Å². The maximum absolute atomic E-state index is 11.5. The van der Waals surface area contributed by atoms with Gasteiger partial charge >= 0.3 is 0 Å². The zero-order chi connectivity index (χ0) is 13.4. The average Bonchev–Trinajstić information content (AvgIpc) is 2.76. The first kappa shape index (κ1) is 11.7. The Bertz CT molecular complexity index is 768. The molecular weight excluding hydrogens is 234 g/mol. The highest BCUT2D eigenvalue weighted by Crippen LogP contribution is 2.31. The Morgan fingerprint density at radius 3 is 2.58 bits per heavy atom. The number of H-pyrrole nitrogens is 1. The summed E-state index contributed by atoms with van der Waals surface area (Å²) in [6, 6.07) is 14.2. The summed E-state index contributed by atoms with van der Waals surface area (Å²) in [6.07, 6.45) is 0.944. The van der Waals surface area contributed by atoms with Gasteiger partial charge < -0.3 is 4.98 Å². The van der Waals surface area contributed by atoms with Crippen LogP contribution in [0.3, 0.4) is 0 Å². The minimum atomic E-state index is 0.744. The van der Waals surface area contributed by atoms with Crippen LogP contribution < -0.4 is 0 Å². The molecule has 0 spiro atoms. The van der Waals surface area contributed by atoms with Gasteiger partial charge in [0.25, 0.3) is 0 Å². The molecule has 0 atom stereocenters. The van der Waals surface area contributed by atoms with E-state index in [2.05, 4.69) is 30.1 Å². The third kappa shape index (κ3) is 1.85. The second-order valence-electron chi connectivity index (χ2n) is 4.90. The van der Waals surface area contributed by atoms with Crippen LogP contribution in [0.25, 0.3) is 22.2 Å². The van der Waals surface area contributed by atoms with Gasteiger partial charge in [0.15, 0.2) is 6.29 Å². The van der Waals surface area contributed by atoms with Crippen molar-refractivity contribution >= 4 is 17.2 Å². The fourth-order valence-corrected chi connectivity index (χ4v) is 2.51. The summed E-state index contributed by atoms with van der Waals surface area (Å²) < 4.78 is 0. The van der Waals surface area contributed by atoms with Gasteiger partial charge in [0.05, 0.1) is 5.69 Å². The van der Waals surface area contributed by atoms with Crippen LogP contribution >= 0.6 is 0 Å². The highest BCUT2D eigenvalue weighted by Gasteiger charge is 2.13. The first-order valence-corrected chi connectivity index (χ1v) is 6.34. The van der Waals surface area contributed by atoms with Gasteiger partial charge in [0, 0.05) is 22.0 Å². The van der Waals surface area contributed by atoms with Crippen molar-refractivity contribution in [2.75, 3.05) is 0 Å². The number of aromatic nitrogens is 1. The Morgan fingerprint density at radius 2 is 1.84 bits per heavy atom. The molecule has 3 rings (SSSR count). The molecule has 0 radical (unpaired) electrons. The van der Waals surface area contributed by atoms with Crippen molar-refractivity contribution in [3.05, 3.63) is 59.2 Å². The number of aryl methyl sites for hydroxylation is 2. The fraction of sp³-hybridized carbons (Fsp3) is 0.118. The van der Waals surface area contributed by atoms with Gasteiger partial charge in [-0.25, -0.2) is 0 Å². The normalized spacial score (nSPS) is 10.8. The lowest BCUT2D eigenvalue weighted by Gasteiger charge is -2.03. The van der Waals surface area contributed by atoms with Crippen molar-refractivity contribution < 1.29 is 4.79 Å². The van der Waals surface area contributed by atoms with E-state index in [9.17, 15) is 4.79 Å². The van der Waals surface area contributed by atoms with Gasteiger partial charge in [-0.15, -0.1) is 0 Å². The SMILES string of the molecule is Cc1ccc2[nH]c(-c3ccccc3C)c(C=O)c2c1. The first-order valence-electron chi connectivity index (χ1n) is 6.34. The van der Waals surface area contributed by atoms with Gasteiger partial charge in [-0.2, -0.15) is 0 Å². The Morgan fingerprint density at radius 1 is 1.05 bits per heavy atom. The van der Waals surface area contributed by atoms with Crippen LogP contribution in [0.5, 0.6) is 0 Å². The molecule has 0 unspecified atom stereocenters. The van der Waals surface area contributed by atoms with Crippen molar-refractivity contribution in [2.45, 2.75) is 13.8 Å². The molecule has 0 amide bonds. The van der Waals surface area contributed by atoms with E-state index in [0.29, 0.717) is 0 Å². The zero-order valence-corrected chi connectivity index (χ0v) is 11.0. The molecule has 19 heavy (non-hydrogen) atoms. The number of nitrogens with one attached hydrogen (secondary N) is 1. The average molecular weight is 249 g/mol. The predicted molar refractivity (Wildman–Crippen MR) is 78.6 cm³/mol. The molecule has 2 nitrogen and oxygen atoms in total. The van der Waals surface area contributed by atoms with Crippen LogP contribution in [0.2, 0.25) is 0 Å². The van der Waals surface area contributed by atoms with E-state index in [1.807, 2.05) is 31.2 Å². The van der Waals surface area contributed by atoms with Crippen LogP contribution in [-0.4, -0.2) is 11.3 Å². The van der Waals surface area contributed by atoms with Gasteiger partial charge in [0.1, 0.15) is 0 Å². The summed E-state index contributed by atoms with van der Waals surface area (Å²) in [4.78, 5) is 14.8. The Balaban J connectivity index is 2.36. The van der Waals surface area contributed by atoms with Crippen molar-refractivity contribution in [3.63, 3.8) is 0 Å². The summed E-state index contributed by atoms with van der Waals surface area (Å²) in [5.41, 5.74) is 6.06. The van der Waals surface area contributed by atoms with Crippen LogP contribution in [-0.2, 0) is 0 Å². The minimum absolute atomic E-state index is 0.744. The second kappa shape index (κ2) is 4.39. The quantitative estimate of drug-likeness (QED) is 0.676. The van der Waals surface area contributed by atoms with Crippen molar-refractivity contribution in [3.8, 4) is 11.3 Å².